The number of aryl methyl sites for hydroxylation is 1. The molecule has 1 heterocycles. The van der Waals surface area contributed by atoms with E-state index in [0.29, 0.717) is 11.4 Å². The van der Waals surface area contributed by atoms with E-state index in [1.165, 1.54) is 13.0 Å². The number of rotatable bonds is 2. The first-order chi connectivity index (χ1) is 9.21. The molecule has 20 heavy (non-hydrogen) atoms. The zero-order chi connectivity index (χ0) is 15.1. The van der Waals surface area contributed by atoms with Crippen molar-refractivity contribution in [3.05, 3.63) is 51.8 Å². The first kappa shape index (κ1) is 14.8. The lowest BCUT2D eigenvalue weighted by molar-refractivity contribution is -0.0885. The van der Waals surface area contributed by atoms with Gasteiger partial charge >= 0.3 is 6.18 Å². The summed E-state index contributed by atoms with van der Waals surface area (Å²) in [7, 11) is 0. The Morgan fingerprint density at radius 2 is 1.85 bits per heavy atom. The van der Waals surface area contributed by atoms with E-state index in [0.717, 1.165) is 4.47 Å². The lowest BCUT2D eigenvalue weighted by Crippen LogP contribution is -2.23. The molecule has 6 heteroatoms. The topological polar surface area (TPSA) is 22.0 Å². The standard InChI is InChI=1S/C14H11BrF3NO/c1-8-6-12(13(20)14(16,17)18)9(2)19(8)11-5-3-4-10(15)7-11/h3-7H,1-2H3. The number of halogens is 4. The molecule has 0 fully saturated rings. The maximum atomic E-state index is 12.6. The Bertz CT molecular complexity index is 674. The fourth-order valence-electron chi connectivity index (χ4n) is 2.16. The summed E-state index contributed by atoms with van der Waals surface area (Å²) in [6.07, 6.45) is -4.86. The van der Waals surface area contributed by atoms with Crippen LogP contribution in [0.4, 0.5) is 13.2 Å². The van der Waals surface area contributed by atoms with E-state index in [1.54, 1.807) is 29.7 Å². The summed E-state index contributed by atoms with van der Waals surface area (Å²) in [4.78, 5) is 11.4. The number of benzene rings is 1. The lowest BCUT2D eigenvalue weighted by atomic mass is 10.1. The highest BCUT2D eigenvalue weighted by Crippen LogP contribution is 2.28. The normalized spacial score (nSPS) is 11.7. The maximum Gasteiger partial charge on any atom is 0.454 e. The van der Waals surface area contributed by atoms with Crippen LogP contribution in [0.1, 0.15) is 21.7 Å². The van der Waals surface area contributed by atoms with Gasteiger partial charge in [0, 0.05) is 27.1 Å². The van der Waals surface area contributed by atoms with E-state index in [-0.39, 0.29) is 11.3 Å². The van der Waals surface area contributed by atoms with E-state index in [2.05, 4.69) is 15.9 Å². The van der Waals surface area contributed by atoms with Crippen LogP contribution >= 0.6 is 15.9 Å². The second kappa shape index (κ2) is 5.09. The molecule has 0 bridgehead atoms. The van der Waals surface area contributed by atoms with Crippen molar-refractivity contribution >= 4 is 21.7 Å². The molecule has 0 aliphatic heterocycles. The van der Waals surface area contributed by atoms with Crippen molar-refractivity contribution in [3.8, 4) is 5.69 Å². The summed E-state index contributed by atoms with van der Waals surface area (Å²) in [5.41, 5.74) is 1.25. The average molecular weight is 346 g/mol. The molecule has 1 aromatic heterocycles. The molecular formula is C14H11BrF3NO. The fourth-order valence-corrected chi connectivity index (χ4v) is 2.55. The third kappa shape index (κ3) is 2.65. The molecule has 0 N–H and O–H groups in total. The van der Waals surface area contributed by atoms with E-state index in [9.17, 15) is 18.0 Å². The van der Waals surface area contributed by atoms with Gasteiger partial charge in [-0.05, 0) is 38.1 Å². The first-order valence-corrected chi connectivity index (χ1v) is 6.57. The van der Waals surface area contributed by atoms with Gasteiger partial charge < -0.3 is 4.57 Å². The molecule has 2 aromatic rings. The van der Waals surface area contributed by atoms with Gasteiger partial charge in [0.05, 0.1) is 0 Å². The Morgan fingerprint density at radius 3 is 2.40 bits per heavy atom. The van der Waals surface area contributed by atoms with E-state index in [1.807, 2.05) is 6.07 Å². The second-order valence-corrected chi connectivity index (χ2v) is 5.34. The average Bonchev–Trinajstić information content (AvgIpc) is 2.62. The molecule has 2 rings (SSSR count). The number of alkyl halides is 3. The molecule has 0 aliphatic rings. The highest BCUT2D eigenvalue weighted by atomic mass is 79.9. The number of ketones is 1. The smallest absolute Gasteiger partial charge is 0.318 e. The largest absolute Gasteiger partial charge is 0.454 e. The van der Waals surface area contributed by atoms with E-state index < -0.39 is 12.0 Å². The Hall–Kier alpha value is -1.56. The molecule has 0 saturated heterocycles. The van der Waals surface area contributed by atoms with Gasteiger partial charge in [0.2, 0.25) is 0 Å². The summed E-state index contributed by atoms with van der Waals surface area (Å²) in [5.74, 6) is -1.81. The third-order valence-electron chi connectivity index (χ3n) is 3.00. The molecule has 2 nitrogen and oxygen atoms in total. The predicted molar refractivity (Wildman–Crippen MR) is 73.3 cm³/mol. The quantitative estimate of drug-likeness (QED) is 0.729. The Labute approximate surface area is 122 Å². The van der Waals surface area contributed by atoms with Gasteiger partial charge in [0.1, 0.15) is 0 Å². The van der Waals surface area contributed by atoms with Crippen LogP contribution in [0.15, 0.2) is 34.8 Å². The van der Waals surface area contributed by atoms with E-state index >= 15 is 0 Å². The number of hydrogen-bond acceptors (Lipinski definition) is 1. The van der Waals surface area contributed by atoms with Crippen molar-refractivity contribution in [3.63, 3.8) is 0 Å². The molecule has 1 aromatic carbocycles. The molecule has 0 radical (unpaired) electrons. The highest BCUT2D eigenvalue weighted by molar-refractivity contribution is 9.10. The summed E-state index contributed by atoms with van der Waals surface area (Å²) in [6.45, 7) is 3.17. The van der Waals surface area contributed by atoms with Crippen molar-refractivity contribution in [2.45, 2.75) is 20.0 Å². The number of Topliss-reactive ketones (excluding diaryl/α,β-unsaturated/α-hetero) is 1. The van der Waals surface area contributed by atoms with Gasteiger partial charge in [0.25, 0.3) is 5.78 Å². The number of carbonyl (C=O) groups excluding carboxylic acids is 1. The zero-order valence-corrected chi connectivity index (χ0v) is 12.3. The summed E-state index contributed by atoms with van der Waals surface area (Å²) in [5, 5.41) is 0. The molecule has 0 unspecified atom stereocenters. The van der Waals surface area contributed by atoms with Crippen LogP contribution in [0.5, 0.6) is 0 Å². The summed E-state index contributed by atoms with van der Waals surface area (Å²) < 4.78 is 40.1. The molecule has 106 valence electrons. The molecular weight excluding hydrogens is 335 g/mol. The number of nitrogens with zero attached hydrogens (tertiary/aromatic N) is 1. The van der Waals surface area contributed by atoms with Crippen LogP contribution in [0.3, 0.4) is 0 Å². The minimum absolute atomic E-state index is 0.280. The maximum absolute atomic E-state index is 12.6. The minimum Gasteiger partial charge on any atom is -0.318 e. The second-order valence-electron chi connectivity index (χ2n) is 4.43. The number of hydrogen-bond donors (Lipinski definition) is 0. The summed E-state index contributed by atoms with van der Waals surface area (Å²) in [6, 6.07) is 8.42. The molecule has 0 amide bonds. The van der Waals surface area contributed by atoms with Crippen LogP contribution in [0, 0.1) is 13.8 Å². The van der Waals surface area contributed by atoms with Gasteiger partial charge in [-0.1, -0.05) is 22.0 Å². The Kier molecular flexibility index (Phi) is 3.77. The van der Waals surface area contributed by atoms with Crippen LogP contribution < -0.4 is 0 Å². The Morgan fingerprint density at radius 1 is 1.20 bits per heavy atom. The predicted octanol–water partition coefficient (Wildman–Crippen LogP) is 4.60. The van der Waals surface area contributed by atoms with Crippen molar-refractivity contribution in [2.75, 3.05) is 0 Å². The van der Waals surface area contributed by atoms with Crippen molar-refractivity contribution in [1.82, 2.24) is 4.57 Å². The molecule has 0 saturated carbocycles. The van der Waals surface area contributed by atoms with Gasteiger partial charge in [-0.3, -0.25) is 4.79 Å². The number of aromatic nitrogens is 1. The van der Waals surface area contributed by atoms with Crippen LogP contribution in [-0.4, -0.2) is 16.5 Å². The molecule has 0 spiro atoms. The Balaban J connectivity index is 2.58. The number of carbonyl (C=O) groups is 1. The lowest BCUT2D eigenvalue weighted by Gasteiger charge is -2.10. The van der Waals surface area contributed by atoms with Crippen molar-refractivity contribution < 1.29 is 18.0 Å². The van der Waals surface area contributed by atoms with Crippen LogP contribution in [0.25, 0.3) is 5.69 Å². The van der Waals surface area contributed by atoms with Crippen molar-refractivity contribution in [2.24, 2.45) is 0 Å². The fraction of sp³-hybridized carbons (Fsp3) is 0.214. The molecule has 0 aliphatic carbocycles. The monoisotopic (exact) mass is 345 g/mol. The minimum atomic E-state index is -4.86. The van der Waals surface area contributed by atoms with Crippen LogP contribution in [-0.2, 0) is 0 Å². The third-order valence-corrected chi connectivity index (χ3v) is 3.49. The van der Waals surface area contributed by atoms with Gasteiger partial charge in [-0.2, -0.15) is 13.2 Å². The summed E-state index contributed by atoms with van der Waals surface area (Å²) >= 11 is 3.32. The van der Waals surface area contributed by atoms with Gasteiger partial charge in [-0.15, -0.1) is 0 Å². The SMILES string of the molecule is Cc1cc(C(=O)C(F)(F)F)c(C)n1-c1cccc(Br)c1. The first-order valence-electron chi connectivity index (χ1n) is 5.78. The highest BCUT2D eigenvalue weighted by Gasteiger charge is 2.41. The molecule has 0 atom stereocenters. The zero-order valence-electron chi connectivity index (χ0n) is 10.8. The van der Waals surface area contributed by atoms with Crippen molar-refractivity contribution in [1.29, 1.82) is 0 Å². The van der Waals surface area contributed by atoms with Gasteiger partial charge in [0.15, 0.2) is 0 Å². The van der Waals surface area contributed by atoms with Gasteiger partial charge in [-0.25, -0.2) is 0 Å². The van der Waals surface area contributed by atoms with Crippen LogP contribution in [0.2, 0.25) is 0 Å². The van der Waals surface area contributed by atoms with E-state index in [4.69, 9.17) is 0 Å².